The predicted octanol–water partition coefficient (Wildman–Crippen LogP) is 1.85. The van der Waals surface area contributed by atoms with Crippen LogP contribution in [0, 0.1) is 23.7 Å². The minimum absolute atomic E-state index is 0.0781. The normalized spacial score (nSPS) is 26.6. The van der Waals surface area contributed by atoms with E-state index in [0.717, 1.165) is 6.42 Å². The molecule has 148 valence electrons. The van der Waals surface area contributed by atoms with Gasteiger partial charge in [0.05, 0.1) is 13.2 Å². The van der Waals surface area contributed by atoms with E-state index in [4.69, 9.17) is 9.47 Å². The van der Waals surface area contributed by atoms with Crippen LogP contribution in [0.5, 0.6) is 0 Å². The molecule has 2 amide bonds. The highest BCUT2D eigenvalue weighted by Gasteiger charge is 2.33. The van der Waals surface area contributed by atoms with Gasteiger partial charge in [-0.25, -0.2) is 0 Å². The van der Waals surface area contributed by atoms with E-state index >= 15 is 0 Å². The van der Waals surface area contributed by atoms with E-state index in [1.807, 2.05) is 4.90 Å². The first kappa shape index (κ1) is 20.9. The molecule has 6 heteroatoms. The van der Waals surface area contributed by atoms with Crippen LogP contribution in [0.3, 0.4) is 0 Å². The van der Waals surface area contributed by atoms with Crippen LogP contribution in [0.1, 0.15) is 33.6 Å². The molecule has 2 rings (SSSR count). The minimum atomic E-state index is -0.0781. The summed E-state index contributed by atoms with van der Waals surface area (Å²) >= 11 is 0. The number of rotatable bonds is 7. The van der Waals surface area contributed by atoms with Crippen molar-refractivity contribution in [3.63, 3.8) is 0 Å². The minimum Gasteiger partial charge on any atom is -0.378 e. The van der Waals surface area contributed by atoms with Gasteiger partial charge in [0.1, 0.15) is 6.61 Å². The Balaban J connectivity index is 1.98. The second kappa shape index (κ2) is 10.1. The van der Waals surface area contributed by atoms with Crippen molar-refractivity contribution in [3.05, 3.63) is 11.6 Å². The average Bonchev–Trinajstić information content (AvgIpc) is 2.62. The molecule has 0 aromatic heterocycles. The third-order valence-electron chi connectivity index (χ3n) is 5.68. The van der Waals surface area contributed by atoms with Gasteiger partial charge < -0.3 is 19.7 Å². The zero-order chi connectivity index (χ0) is 19.1. The van der Waals surface area contributed by atoms with Crippen molar-refractivity contribution in [1.82, 2.24) is 10.2 Å². The zero-order valence-corrected chi connectivity index (χ0v) is 16.6. The van der Waals surface area contributed by atoms with Gasteiger partial charge in [0, 0.05) is 33.2 Å². The Labute approximate surface area is 157 Å². The second-order valence-electron chi connectivity index (χ2n) is 7.85. The Morgan fingerprint density at radius 1 is 1.35 bits per heavy atom. The number of carbonyl (C=O) groups is 2. The molecule has 0 spiro atoms. The number of carbonyl (C=O) groups excluding carboxylic acids is 2. The number of ether oxygens (including phenoxy) is 2. The van der Waals surface area contributed by atoms with Crippen molar-refractivity contribution in [1.29, 1.82) is 0 Å². The van der Waals surface area contributed by atoms with Crippen LogP contribution < -0.4 is 5.32 Å². The van der Waals surface area contributed by atoms with Gasteiger partial charge in [-0.2, -0.15) is 0 Å². The highest BCUT2D eigenvalue weighted by Crippen LogP contribution is 2.39. The van der Waals surface area contributed by atoms with Gasteiger partial charge in [0.25, 0.3) is 0 Å². The summed E-state index contributed by atoms with van der Waals surface area (Å²) in [7, 11) is 1.53. The van der Waals surface area contributed by atoms with Crippen LogP contribution in [-0.4, -0.2) is 63.3 Å². The maximum Gasteiger partial charge on any atom is 0.246 e. The van der Waals surface area contributed by atoms with Crippen molar-refractivity contribution in [2.45, 2.75) is 33.6 Å². The van der Waals surface area contributed by atoms with E-state index in [0.29, 0.717) is 62.9 Å². The van der Waals surface area contributed by atoms with Crippen LogP contribution in [0.25, 0.3) is 0 Å². The Hall–Kier alpha value is -1.40. The highest BCUT2D eigenvalue weighted by molar-refractivity contribution is 5.77. The van der Waals surface area contributed by atoms with Crippen LogP contribution in [0.4, 0.5) is 0 Å². The van der Waals surface area contributed by atoms with Crippen LogP contribution >= 0.6 is 0 Å². The smallest absolute Gasteiger partial charge is 0.246 e. The summed E-state index contributed by atoms with van der Waals surface area (Å²) in [4.78, 5) is 26.3. The van der Waals surface area contributed by atoms with Gasteiger partial charge >= 0.3 is 0 Å². The number of amides is 2. The molecular formula is C20H34N2O4. The Bertz CT molecular complexity index is 512. The molecule has 0 bridgehead atoms. The van der Waals surface area contributed by atoms with E-state index in [1.165, 1.54) is 12.7 Å². The summed E-state index contributed by atoms with van der Waals surface area (Å²) in [6, 6.07) is 0. The van der Waals surface area contributed by atoms with Crippen molar-refractivity contribution >= 4 is 11.8 Å². The number of nitrogens with one attached hydrogen (secondary N) is 1. The van der Waals surface area contributed by atoms with E-state index in [9.17, 15) is 9.59 Å². The summed E-state index contributed by atoms with van der Waals surface area (Å²) < 4.78 is 10.2. The monoisotopic (exact) mass is 366 g/mol. The van der Waals surface area contributed by atoms with Crippen molar-refractivity contribution < 1.29 is 19.1 Å². The van der Waals surface area contributed by atoms with Gasteiger partial charge in [-0.1, -0.05) is 25.5 Å². The van der Waals surface area contributed by atoms with E-state index in [-0.39, 0.29) is 18.4 Å². The molecule has 6 nitrogen and oxygen atoms in total. The molecular weight excluding hydrogens is 332 g/mol. The second-order valence-corrected chi connectivity index (χ2v) is 7.85. The molecule has 1 aliphatic carbocycles. The van der Waals surface area contributed by atoms with Gasteiger partial charge in [-0.15, -0.1) is 0 Å². The van der Waals surface area contributed by atoms with Gasteiger partial charge in [0.15, 0.2) is 0 Å². The Morgan fingerprint density at radius 3 is 2.65 bits per heavy atom. The average molecular weight is 367 g/mol. The molecule has 1 fully saturated rings. The molecule has 0 aromatic carbocycles. The molecule has 0 saturated carbocycles. The molecule has 2 aliphatic rings. The first-order chi connectivity index (χ1) is 12.4. The number of morpholine rings is 1. The van der Waals surface area contributed by atoms with Crippen molar-refractivity contribution in [2.24, 2.45) is 23.7 Å². The zero-order valence-electron chi connectivity index (χ0n) is 16.6. The third-order valence-corrected chi connectivity index (χ3v) is 5.68. The molecule has 1 heterocycles. The maximum atomic E-state index is 12.6. The summed E-state index contributed by atoms with van der Waals surface area (Å²) in [6.07, 6.45) is 3.85. The lowest BCUT2D eigenvalue weighted by Crippen LogP contribution is -2.42. The fraction of sp³-hybridized carbons (Fsp3) is 0.800. The van der Waals surface area contributed by atoms with Crippen molar-refractivity contribution in [3.8, 4) is 0 Å². The van der Waals surface area contributed by atoms with E-state index in [2.05, 4.69) is 32.2 Å². The predicted molar refractivity (Wildman–Crippen MR) is 101 cm³/mol. The van der Waals surface area contributed by atoms with Gasteiger partial charge in [-0.05, 0) is 37.0 Å². The molecule has 3 unspecified atom stereocenters. The van der Waals surface area contributed by atoms with E-state index in [1.54, 1.807) is 0 Å². The molecule has 0 radical (unpaired) electrons. The summed E-state index contributed by atoms with van der Waals surface area (Å²) in [5, 5.41) is 2.97. The largest absolute Gasteiger partial charge is 0.378 e. The third kappa shape index (κ3) is 5.81. The first-order valence-electron chi connectivity index (χ1n) is 9.71. The summed E-state index contributed by atoms with van der Waals surface area (Å²) in [5.74, 6) is 1.73. The number of nitrogens with zero attached hydrogens (tertiary/aromatic N) is 1. The highest BCUT2D eigenvalue weighted by atomic mass is 16.5. The molecule has 3 atom stereocenters. The molecule has 26 heavy (non-hydrogen) atoms. The maximum absolute atomic E-state index is 12.6. The van der Waals surface area contributed by atoms with E-state index < -0.39 is 0 Å². The fourth-order valence-corrected chi connectivity index (χ4v) is 4.07. The number of methoxy groups -OCH3 is 1. The molecule has 1 aliphatic heterocycles. The standard InChI is InChI=1S/C20H34N2O4/c1-14(2)18-10-16(11-20(24)22-5-7-26-8-6-22)15(3)9-17(18)12-21-19(23)13-25-4/h9,14,16-18H,5-8,10-13H2,1-4H3,(H,21,23). The Kier molecular flexibility index (Phi) is 8.10. The molecule has 1 N–H and O–H groups in total. The quantitative estimate of drug-likeness (QED) is 0.698. The van der Waals surface area contributed by atoms with Crippen LogP contribution in [0.15, 0.2) is 11.6 Å². The molecule has 1 saturated heterocycles. The van der Waals surface area contributed by atoms with Gasteiger partial charge in [-0.3, -0.25) is 9.59 Å². The Morgan fingerprint density at radius 2 is 2.04 bits per heavy atom. The molecule has 0 aromatic rings. The lowest BCUT2D eigenvalue weighted by molar-refractivity contribution is -0.136. The van der Waals surface area contributed by atoms with Crippen LogP contribution in [-0.2, 0) is 19.1 Å². The number of hydrogen-bond donors (Lipinski definition) is 1. The fourth-order valence-electron chi connectivity index (χ4n) is 4.07. The van der Waals surface area contributed by atoms with Gasteiger partial charge in [0.2, 0.25) is 11.8 Å². The summed E-state index contributed by atoms with van der Waals surface area (Å²) in [5.41, 5.74) is 1.27. The summed E-state index contributed by atoms with van der Waals surface area (Å²) in [6.45, 7) is 10.00. The first-order valence-corrected chi connectivity index (χ1v) is 9.71. The lowest BCUT2D eigenvalue weighted by atomic mass is 9.69. The SMILES string of the molecule is COCC(=O)NCC1C=C(C)C(CC(=O)N2CCOCC2)CC1C(C)C. The number of allylic oxidation sites excluding steroid dienone is 1. The lowest BCUT2D eigenvalue weighted by Gasteiger charge is -2.38. The topological polar surface area (TPSA) is 67.9 Å². The number of hydrogen-bond acceptors (Lipinski definition) is 4. The van der Waals surface area contributed by atoms with Crippen LogP contribution in [0.2, 0.25) is 0 Å². The van der Waals surface area contributed by atoms with Crippen molar-refractivity contribution in [2.75, 3.05) is 46.6 Å².